The van der Waals surface area contributed by atoms with Gasteiger partial charge in [0.05, 0.1) is 11.1 Å². The van der Waals surface area contributed by atoms with Crippen LogP contribution in [0.25, 0.3) is 11.1 Å². The average molecular weight is 400 g/mol. The number of benzene rings is 2. The van der Waals surface area contributed by atoms with E-state index in [2.05, 4.69) is 10.2 Å². The lowest BCUT2D eigenvalue weighted by molar-refractivity contribution is -0.142. The molecule has 0 amide bonds. The number of alkyl halides is 6. The van der Waals surface area contributed by atoms with Gasteiger partial charge in [-0.3, -0.25) is 0 Å². The fraction of sp³-hybridized carbons (Fsp3) is 0.263. The first-order valence-electron chi connectivity index (χ1n) is 8.21. The van der Waals surface area contributed by atoms with Crippen LogP contribution in [0.3, 0.4) is 0 Å². The quantitative estimate of drug-likeness (QED) is 0.515. The first kappa shape index (κ1) is 19.9. The summed E-state index contributed by atoms with van der Waals surface area (Å²) in [6.45, 7) is 1.64. The first-order valence-corrected chi connectivity index (χ1v) is 8.21. The molecule has 3 rings (SSSR count). The van der Waals surface area contributed by atoms with E-state index >= 15 is 0 Å². The summed E-state index contributed by atoms with van der Waals surface area (Å²) in [7, 11) is 0. The molecule has 0 bridgehead atoms. The standard InChI is InChI=1S/C19H14F6N2O/c1-11-26-27-17(28-11)8-5-12-3-2-4-13(9-12)15-7-6-14(18(20,21)22)10-16(15)19(23,24)25/h2-4,6-7,9-10H,5,8H2,1H3. The van der Waals surface area contributed by atoms with Gasteiger partial charge < -0.3 is 4.42 Å². The van der Waals surface area contributed by atoms with E-state index in [1.807, 2.05) is 0 Å². The molecule has 2 aromatic carbocycles. The maximum absolute atomic E-state index is 13.4. The van der Waals surface area contributed by atoms with Crippen LogP contribution < -0.4 is 0 Å². The monoisotopic (exact) mass is 400 g/mol. The van der Waals surface area contributed by atoms with Crippen LogP contribution in [0.5, 0.6) is 0 Å². The Hall–Kier alpha value is -2.84. The van der Waals surface area contributed by atoms with Gasteiger partial charge in [-0.25, -0.2) is 0 Å². The molecular weight excluding hydrogens is 386 g/mol. The van der Waals surface area contributed by atoms with Crippen molar-refractivity contribution >= 4 is 0 Å². The Bertz CT molecular complexity index is 975. The third-order valence-corrected chi connectivity index (χ3v) is 4.09. The van der Waals surface area contributed by atoms with E-state index in [4.69, 9.17) is 4.42 Å². The summed E-state index contributed by atoms with van der Waals surface area (Å²) in [5, 5.41) is 7.55. The van der Waals surface area contributed by atoms with Gasteiger partial charge >= 0.3 is 12.4 Å². The number of aromatic nitrogens is 2. The van der Waals surface area contributed by atoms with Crippen LogP contribution in [0, 0.1) is 6.92 Å². The summed E-state index contributed by atoms with van der Waals surface area (Å²) in [4.78, 5) is 0. The molecule has 0 saturated carbocycles. The molecule has 0 unspecified atom stereocenters. The van der Waals surface area contributed by atoms with Gasteiger partial charge in [0, 0.05) is 13.3 Å². The van der Waals surface area contributed by atoms with Crippen molar-refractivity contribution in [1.82, 2.24) is 10.2 Å². The highest BCUT2D eigenvalue weighted by atomic mass is 19.4. The first-order chi connectivity index (χ1) is 13.0. The maximum Gasteiger partial charge on any atom is 0.417 e. The maximum atomic E-state index is 13.4. The Morgan fingerprint density at radius 1 is 0.857 bits per heavy atom. The summed E-state index contributed by atoms with van der Waals surface area (Å²) in [6, 6.07) is 7.86. The number of aryl methyl sites for hydroxylation is 3. The molecule has 0 atom stereocenters. The summed E-state index contributed by atoms with van der Waals surface area (Å²) in [6.07, 6.45) is -8.96. The molecule has 0 saturated heterocycles. The smallest absolute Gasteiger partial charge is 0.417 e. The molecule has 28 heavy (non-hydrogen) atoms. The summed E-state index contributed by atoms with van der Waals surface area (Å²) < 4.78 is 83.9. The van der Waals surface area contributed by atoms with E-state index in [1.165, 1.54) is 12.1 Å². The van der Waals surface area contributed by atoms with Crippen molar-refractivity contribution in [1.29, 1.82) is 0 Å². The molecule has 0 fully saturated rings. The third-order valence-electron chi connectivity index (χ3n) is 4.09. The van der Waals surface area contributed by atoms with Crippen molar-refractivity contribution in [3.8, 4) is 11.1 Å². The Kier molecular flexibility index (Phi) is 5.18. The highest BCUT2D eigenvalue weighted by molar-refractivity contribution is 5.69. The molecule has 1 aromatic heterocycles. The van der Waals surface area contributed by atoms with Crippen molar-refractivity contribution in [3.63, 3.8) is 0 Å². The van der Waals surface area contributed by atoms with E-state index in [0.29, 0.717) is 36.3 Å². The minimum atomic E-state index is -4.92. The molecule has 0 radical (unpaired) electrons. The number of halogens is 6. The van der Waals surface area contributed by atoms with Crippen molar-refractivity contribution in [3.05, 3.63) is 70.9 Å². The second-order valence-corrected chi connectivity index (χ2v) is 6.17. The van der Waals surface area contributed by atoms with Gasteiger partial charge in [0.15, 0.2) is 0 Å². The molecule has 0 aliphatic carbocycles. The third kappa shape index (κ3) is 4.52. The van der Waals surface area contributed by atoms with E-state index in [-0.39, 0.29) is 17.2 Å². The van der Waals surface area contributed by atoms with Crippen molar-refractivity contribution < 1.29 is 30.8 Å². The van der Waals surface area contributed by atoms with E-state index in [0.717, 1.165) is 6.07 Å². The summed E-state index contributed by atoms with van der Waals surface area (Å²) in [5.74, 6) is 0.803. The van der Waals surface area contributed by atoms with Gasteiger partial charge in [-0.15, -0.1) is 10.2 Å². The average Bonchev–Trinajstić information content (AvgIpc) is 3.03. The second-order valence-electron chi connectivity index (χ2n) is 6.17. The highest BCUT2D eigenvalue weighted by Crippen LogP contribution is 2.41. The van der Waals surface area contributed by atoms with E-state index < -0.39 is 23.5 Å². The van der Waals surface area contributed by atoms with Gasteiger partial charge in [0.25, 0.3) is 0 Å². The van der Waals surface area contributed by atoms with Crippen molar-refractivity contribution in [2.75, 3.05) is 0 Å². The van der Waals surface area contributed by atoms with Crippen LogP contribution in [-0.4, -0.2) is 10.2 Å². The van der Waals surface area contributed by atoms with Gasteiger partial charge in [-0.05, 0) is 35.2 Å². The highest BCUT2D eigenvalue weighted by Gasteiger charge is 2.38. The van der Waals surface area contributed by atoms with Crippen LogP contribution in [0.4, 0.5) is 26.3 Å². The summed E-state index contributed by atoms with van der Waals surface area (Å²) in [5.41, 5.74) is -2.10. The number of rotatable bonds is 4. The van der Waals surface area contributed by atoms with E-state index in [1.54, 1.807) is 19.1 Å². The number of hydrogen-bond donors (Lipinski definition) is 0. The zero-order valence-electron chi connectivity index (χ0n) is 14.5. The van der Waals surface area contributed by atoms with Crippen LogP contribution in [-0.2, 0) is 25.2 Å². The lowest BCUT2D eigenvalue weighted by atomic mass is 9.95. The molecule has 0 aliphatic heterocycles. The lowest BCUT2D eigenvalue weighted by Gasteiger charge is -2.16. The molecule has 3 aromatic rings. The molecular formula is C19H14F6N2O. The van der Waals surface area contributed by atoms with Crippen LogP contribution in [0.2, 0.25) is 0 Å². The number of nitrogens with zero attached hydrogens (tertiary/aromatic N) is 2. The minimum Gasteiger partial charge on any atom is -0.426 e. The SMILES string of the molecule is Cc1nnc(CCc2cccc(-c3ccc(C(F)(F)F)cc3C(F)(F)F)c2)o1. The second kappa shape index (κ2) is 7.29. The van der Waals surface area contributed by atoms with Crippen LogP contribution in [0.15, 0.2) is 46.9 Å². The van der Waals surface area contributed by atoms with Gasteiger partial charge in [0.2, 0.25) is 11.8 Å². The topological polar surface area (TPSA) is 38.9 Å². The predicted octanol–water partition coefficient (Wildman–Crippen LogP) is 5.87. The Labute approximate surface area is 156 Å². The van der Waals surface area contributed by atoms with Crippen LogP contribution >= 0.6 is 0 Å². The van der Waals surface area contributed by atoms with Crippen molar-refractivity contribution in [2.45, 2.75) is 32.1 Å². The van der Waals surface area contributed by atoms with Gasteiger partial charge in [-0.2, -0.15) is 26.3 Å². The van der Waals surface area contributed by atoms with E-state index in [9.17, 15) is 26.3 Å². The lowest BCUT2D eigenvalue weighted by Crippen LogP contribution is -2.12. The molecule has 0 aliphatic rings. The zero-order valence-corrected chi connectivity index (χ0v) is 14.5. The van der Waals surface area contributed by atoms with Gasteiger partial charge in [-0.1, -0.05) is 30.3 Å². The normalized spacial score (nSPS) is 12.4. The molecule has 148 valence electrons. The minimum absolute atomic E-state index is 0.142. The molecule has 9 heteroatoms. The Morgan fingerprint density at radius 3 is 2.21 bits per heavy atom. The molecule has 0 N–H and O–H groups in total. The Morgan fingerprint density at radius 2 is 1.61 bits per heavy atom. The van der Waals surface area contributed by atoms with Crippen molar-refractivity contribution in [2.24, 2.45) is 0 Å². The number of hydrogen-bond acceptors (Lipinski definition) is 3. The Balaban J connectivity index is 1.94. The molecule has 3 nitrogen and oxygen atoms in total. The largest absolute Gasteiger partial charge is 0.426 e. The predicted molar refractivity (Wildman–Crippen MR) is 88.3 cm³/mol. The van der Waals surface area contributed by atoms with Crippen LogP contribution in [0.1, 0.15) is 28.5 Å². The fourth-order valence-electron chi connectivity index (χ4n) is 2.79. The zero-order chi connectivity index (χ0) is 20.5. The molecule has 0 spiro atoms. The fourth-order valence-corrected chi connectivity index (χ4v) is 2.79. The summed E-state index contributed by atoms with van der Waals surface area (Å²) >= 11 is 0. The molecule has 1 heterocycles. The van der Waals surface area contributed by atoms with Gasteiger partial charge in [0.1, 0.15) is 0 Å².